The van der Waals surface area contributed by atoms with Crippen LogP contribution in [-0.4, -0.2) is 11.2 Å². The topological polar surface area (TPSA) is 20.2 Å². The molecular formula is C16H22ClFO. The molecule has 1 aliphatic rings. The third-order valence-electron chi connectivity index (χ3n) is 4.14. The van der Waals surface area contributed by atoms with E-state index in [2.05, 4.69) is 0 Å². The van der Waals surface area contributed by atoms with Crippen molar-refractivity contribution in [1.29, 1.82) is 0 Å². The van der Waals surface area contributed by atoms with E-state index < -0.39 is 6.10 Å². The van der Waals surface area contributed by atoms with Gasteiger partial charge in [0.2, 0.25) is 0 Å². The Balaban J connectivity index is 1.96. The maximum atomic E-state index is 13.7. The molecular weight excluding hydrogens is 263 g/mol. The number of aliphatic hydroxyl groups excluding tert-OH is 1. The first-order valence-corrected chi connectivity index (χ1v) is 7.66. The molecule has 0 bridgehead atoms. The lowest BCUT2D eigenvalue weighted by molar-refractivity contribution is 0.0905. The Labute approximate surface area is 119 Å². The third-order valence-corrected chi connectivity index (χ3v) is 4.37. The Morgan fingerprint density at radius 2 is 1.79 bits per heavy atom. The predicted octanol–water partition coefficient (Wildman–Crippen LogP) is 4.74. The van der Waals surface area contributed by atoms with Crippen molar-refractivity contribution in [1.82, 2.24) is 0 Å². The van der Waals surface area contributed by atoms with Gasteiger partial charge in [0.15, 0.2) is 0 Å². The summed E-state index contributed by atoms with van der Waals surface area (Å²) in [7, 11) is 0. The average molecular weight is 285 g/mol. The molecule has 1 saturated carbocycles. The molecule has 2 rings (SSSR count). The van der Waals surface area contributed by atoms with E-state index in [4.69, 9.17) is 11.6 Å². The maximum absolute atomic E-state index is 13.7. The van der Waals surface area contributed by atoms with Crippen LogP contribution in [0, 0.1) is 11.7 Å². The van der Waals surface area contributed by atoms with Crippen molar-refractivity contribution in [3.8, 4) is 0 Å². The highest BCUT2D eigenvalue weighted by molar-refractivity contribution is 6.30. The summed E-state index contributed by atoms with van der Waals surface area (Å²) in [6.07, 6.45) is 8.30. The van der Waals surface area contributed by atoms with Crippen molar-refractivity contribution in [3.63, 3.8) is 0 Å². The summed E-state index contributed by atoms with van der Waals surface area (Å²) < 4.78 is 13.7. The lowest BCUT2D eigenvalue weighted by atomic mass is 9.85. The minimum absolute atomic E-state index is 0.308. The molecule has 1 atom stereocenters. The standard InChI is InChI=1S/C16H22ClFO/c17-14-9-8-13(15(18)11-14)10-16(19)12-6-4-2-1-3-5-7-12/h8-9,11-12,16,19H,1-7,10H2. The normalized spacial score (nSPS) is 19.7. The van der Waals surface area contributed by atoms with Crippen LogP contribution in [0.1, 0.15) is 50.5 Å². The van der Waals surface area contributed by atoms with Crippen molar-refractivity contribution in [2.75, 3.05) is 0 Å². The van der Waals surface area contributed by atoms with Gasteiger partial charge < -0.3 is 5.11 Å². The lowest BCUT2D eigenvalue weighted by Gasteiger charge is -2.25. The van der Waals surface area contributed by atoms with Crippen molar-refractivity contribution in [2.45, 2.75) is 57.5 Å². The molecule has 19 heavy (non-hydrogen) atoms. The molecule has 0 saturated heterocycles. The Morgan fingerprint density at radius 3 is 2.42 bits per heavy atom. The fourth-order valence-electron chi connectivity index (χ4n) is 2.95. The van der Waals surface area contributed by atoms with E-state index >= 15 is 0 Å². The lowest BCUT2D eigenvalue weighted by Crippen LogP contribution is -2.24. The second-order valence-electron chi connectivity index (χ2n) is 5.61. The van der Waals surface area contributed by atoms with Crippen LogP contribution in [0.2, 0.25) is 5.02 Å². The molecule has 1 aliphatic carbocycles. The van der Waals surface area contributed by atoms with Crippen LogP contribution in [0.25, 0.3) is 0 Å². The molecule has 0 aromatic heterocycles. The summed E-state index contributed by atoms with van der Waals surface area (Å²) in [4.78, 5) is 0. The van der Waals surface area contributed by atoms with Gasteiger partial charge in [-0.3, -0.25) is 0 Å². The van der Waals surface area contributed by atoms with Gasteiger partial charge in [-0.05, 0) is 36.5 Å². The Morgan fingerprint density at radius 1 is 1.16 bits per heavy atom. The van der Waals surface area contributed by atoms with Crippen LogP contribution in [0.3, 0.4) is 0 Å². The van der Waals surface area contributed by atoms with E-state index in [1.165, 1.54) is 38.2 Å². The first kappa shape index (κ1) is 14.8. The first-order valence-electron chi connectivity index (χ1n) is 7.29. The molecule has 1 N–H and O–H groups in total. The number of hydrogen-bond acceptors (Lipinski definition) is 1. The molecule has 1 aromatic carbocycles. The van der Waals surface area contributed by atoms with Crippen molar-refractivity contribution >= 4 is 11.6 Å². The van der Waals surface area contributed by atoms with E-state index in [1.807, 2.05) is 0 Å². The molecule has 0 amide bonds. The van der Waals surface area contributed by atoms with E-state index in [0.717, 1.165) is 12.8 Å². The summed E-state index contributed by atoms with van der Waals surface area (Å²) in [5, 5.41) is 10.7. The fraction of sp³-hybridized carbons (Fsp3) is 0.625. The van der Waals surface area contributed by atoms with Crippen LogP contribution in [0.15, 0.2) is 18.2 Å². The highest BCUT2D eigenvalue weighted by Gasteiger charge is 2.21. The first-order chi connectivity index (χ1) is 9.16. The average Bonchev–Trinajstić information content (AvgIpc) is 2.32. The quantitative estimate of drug-likeness (QED) is 0.850. The van der Waals surface area contributed by atoms with Crippen LogP contribution in [0.5, 0.6) is 0 Å². The van der Waals surface area contributed by atoms with Gasteiger partial charge in [-0.15, -0.1) is 0 Å². The summed E-state index contributed by atoms with van der Waals surface area (Å²) in [5.41, 5.74) is 0.568. The Hall–Kier alpha value is -0.600. The number of aliphatic hydroxyl groups is 1. The van der Waals surface area contributed by atoms with Gasteiger partial charge in [0.05, 0.1) is 6.10 Å². The molecule has 0 spiro atoms. The second-order valence-corrected chi connectivity index (χ2v) is 6.05. The summed E-state index contributed by atoms with van der Waals surface area (Å²) in [5.74, 6) is 0.00720. The van der Waals surface area contributed by atoms with Crippen LogP contribution >= 0.6 is 11.6 Å². The second kappa shape index (κ2) is 7.25. The zero-order valence-corrected chi connectivity index (χ0v) is 12.0. The SMILES string of the molecule is OC(Cc1ccc(Cl)cc1F)C1CCCCCCC1. The van der Waals surface area contributed by atoms with Crippen LogP contribution < -0.4 is 0 Å². The molecule has 0 aliphatic heterocycles. The van der Waals surface area contributed by atoms with Crippen molar-refractivity contribution in [3.05, 3.63) is 34.6 Å². The highest BCUT2D eigenvalue weighted by atomic mass is 35.5. The minimum atomic E-state index is -0.436. The van der Waals surface area contributed by atoms with E-state index in [1.54, 1.807) is 12.1 Å². The molecule has 1 fully saturated rings. The molecule has 1 unspecified atom stereocenters. The van der Waals surface area contributed by atoms with Gasteiger partial charge in [-0.25, -0.2) is 4.39 Å². The zero-order chi connectivity index (χ0) is 13.7. The maximum Gasteiger partial charge on any atom is 0.127 e. The van der Waals surface area contributed by atoms with Crippen LogP contribution in [0.4, 0.5) is 4.39 Å². The number of hydrogen-bond donors (Lipinski definition) is 1. The van der Waals surface area contributed by atoms with Gasteiger partial charge in [-0.1, -0.05) is 49.8 Å². The zero-order valence-electron chi connectivity index (χ0n) is 11.2. The molecule has 1 aromatic rings. The van der Waals surface area contributed by atoms with Gasteiger partial charge >= 0.3 is 0 Å². The molecule has 0 radical (unpaired) electrons. The monoisotopic (exact) mass is 284 g/mol. The van der Waals surface area contributed by atoms with Gasteiger partial charge in [-0.2, -0.15) is 0 Å². The smallest absolute Gasteiger partial charge is 0.127 e. The predicted molar refractivity (Wildman–Crippen MR) is 76.9 cm³/mol. The summed E-state index contributed by atoms with van der Waals surface area (Å²) in [6, 6.07) is 4.69. The number of halogens is 2. The highest BCUT2D eigenvalue weighted by Crippen LogP contribution is 2.27. The summed E-state index contributed by atoms with van der Waals surface area (Å²) in [6.45, 7) is 0. The third kappa shape index (κ3) is 4.47. The molecule has 106 valence electrons. The number of benzene rings is 1. The largest absolute Gasteiger partial charge is 0.392 e. The summed E-state index contributed by atoms with van der Waals surface area (Å²) >= 11 is 5.74. The van der Waals surface area contributed by atoms with E-state index in [0.29, 0.717) is 22.9 Å². The van der Waals surface area contributed by atoms with E-state index in [-0.39, 0.29) is 5.82 Å². The van der Waals surface area contributed by atoms with Gasteiger partial charge in [0.1, 0.15) is 5.82 Å². The van der Waals surface area contributed by atoms with Crippen LogP contribution in [-0.2, 0) is 6.42 Å². The fourth-order valence-corrected chi connectivity index (χ4v) is 3.11. The van der Waals surface area contributed by atoms with Crippen molar-refractivity contribution < 1.29 is 9.50 Å². The molecule has 3 heteroatoms. The van der Waals surface area contributed by atoms with Gasteiger partial charge in [0, 0.05) is 11.4 Å². The molecule has 0 heterocycles. The molecule has 1 nitrogen and oxygen atoms in total. The Bertz CT molecular complexity index is 400. The Kier molecular flexibility index (Phi) is 5.65. The van der Waals surface area contributed by atoms with E-state index in [9.17, 15) is 9.50 Å². The minimum Gasteiger partial charge on any atom is -0.392 e. The van der Waals surface area contributed by atoms with Gasteiger partial charge in [0.25, 0.3) is 0 Å². The number of rotatable bonds is 3. The van der Waals surface area contributed by atoms with Crippen molar-refractivity contribution in [2.24, 2.45) is 5.92 Å².